The topological polar surface area (TPSA) is 107 Å². The molecule has 0 bridgehead atoms. The first kappa shape index (κ1) is 23.9. The standard InChI is InChI=1S/C25H25N7O.C2H6/c1-15(2)18-6-4-5-7-19(18)22-27-12-20-24(30-22)32(25(33)28-20)13-16-8-10-17(11-9-16)23-29-21(26)14-31(23)3;1-2/h4-12,14-15H,13,26H2,1-3H3,(H,28,33);1-2H3. The highest BCUT2D eigenvalue weighted by Gasteiger charge is 2.15. The molecule has 0 spiro atoms. The molecule has 0 fully saturated rings. The van der Waals surface area contributed by atoms with Crippen molar-refractivity contribution in [3.8, 4) is 22.8 Å². The minimum Gasteiger partial charge on any atom is -0.382 e. The number of benzene rings is 2. The molecule has 0 aliphatic heterocycles. The molecule has 5 rings (SSSR count). The fourth-order valence-corrected chi connectivity index (χ4v) is 4.13. The van der Waals surface area contributed by atoms with E-state index in [-0.39, 0.29) is 5.69 Å². The number of hydrogen-bond donors (Lipinski definition) is 2. The van der Waals surface area contributed by atoms with Crippen molar-refractivity contribution >= 4 is 17.0 Å². The maximum Gasteiger partial charge on any atom is 0.328 e. The van der Waals surface area contributed by atoms with Crippen LogP contribution in [0.4, 0.5) is 5.82 Å². The lowest BCUT2D eigenvalue weighted by atomic mass is 9.97. The summed E-state index contributed by atoms with van der Waals surface area (Å²) in [5.74, 6) is 2.23. The van der Waals surface area contributed by atoms with Crippen LogP contribution in [0.3, 0.4) is 0 Å². The molecule has 8 nitrogen and oxygen atoms in total. The van der Waals surface area contributed by atoms with Crippen molar-refractivity contribution in [2.45, 2.75) is 40.2 Å². The number of nitrogens with zero attached hydrogens (tertiary/aromatic N) is 5. The van der Waals surface area contributed by atoms with Crippen LogP contribution in [0.15, 0.2) is 65.7 Å². The number of H-pyrrole nitrogens is 1. The molecule has 180 valence electrons. The van der Waals surface area contributed by atoms with E-state index >= 15 is 0 Å². The van der Waals surface area contributed by atoms with Crippen LogP contribution in [0, 0.1) is 0 Å². The van der Waals surface area contributed by atoms with E-state index in [1.807, 2.05) is 67.9 Å². The molecule has 0 aliphatic rings. The fraction of sp³-hybridized carbons (Fsp3) is 0.259. The maximum absolute atomic E-state index is 12.7. The normalized spacial score (nSPS) is 11.0. The Hall–Kier alpha value is -4.20. The van der Waals surface area contributed by atoms with Crippen molar-refractivity contribution in [3.05, 3.63) is 82.5 Å². The molecule has 0 atom stereocenters. The predicted molar refractivity (Wildman–Crippen MR) is 141 cm³/mol. The average Bonchev–Trinajstić information content (AvgIpc) is 3.37. The van der Waals surface area contributed by atoms with Gasteiger partial charge in [-0.15, -0.1) is 0 Å². The molecule has 35 heavy (non-hydrogen) atoms. The second-order valence-electron chi connectivity index (χ2n) is 8.49. The molecule has 5 aromatic rings. The Morgan fingerprint density at radius 1 is 1.03 bits per heavy atom. The van der Waals surface area contributed by atoms with Gasteiger partial charge in [0.25, 0.3) is 0 Å². The van der Waals surface area contributed by atoms with E-state index in [9.17, 15) is 4.79 Å². The fourth-order valence-electron chi connectivity index (χ4n) is 4.13. The number of aromatic nitrogens is 6. The SMILES string of the molecule is CC.CC(C)c1ccccc1-c1ncc2[nH]c(=O)n(Cc3ccc(-c4nc(N)cn4C)cc3)c2n1. The summed E-state index contributed by atoms with van der Waals surface area (Å²) in [5, 5.41) is 0. The summed E-state index contributed by atoms with van der Waals surface area (Å²) in [6.07, 6.45) is 3.46. The largest absolute Gasteiger partial charge is 0.382 e. The molecule has 8 heteroatoms. The van der Waals surface area contributed by atoms with E-state index in [1.165, 1.54) is 5.56 Å². The zero-order valence-corrected chi connectivity index (χ0v) is 20.8. The average molecular weight is 470 g/mol. The lowest BCUT2D eigenvalue weighted by Gasteiger charge is -2.11. The van der Waals surface area contributed by atoms with Crippen molar-refractivity contribution in [2.75, 3.05) is 5.73 Å². The third-order valence-electron chi connectivity index (χ3n) is 5.78. The lowest BCUT2D eigenvalue weighted by molar-refractivity contribution is 0.777. The van der Waals surface area contributed by atoms with E-state index in [0.29, 0.717) is 35.3 Å². The molecule has 3 aromatic heterocycles. The van der Waals surface area contributed by atoms with E-state index < -0.39 is 0 Å². The number of nitrogens with two attached hydrogens (primary N) is 1. The zero-order valence-electron chi connectivity index (χ0n) is 20.8. The van der Waals surface area contributed by atoms with Crippen molar-refractivity contribution in [2.24, 2.45) is 7.05 Å². The molecular weight excluding hydrogens is 438 g/mol. The van der Waals surface area contributed by atoms with Gasteiger partial charge in [0, 0.05) is 24.4 Å². The van der Waals surface area contributed by atoms with E-state index in [0.717, 1.165) is 22.5 Å². The smallest absolute Gasteiger partial charge is 0.328 e. The van der Waals surface area contributed by atoms with Gasteiger partial charge in [-0.1, -0.05) is 76.2 Å². The monoisotopic (exact) mass is 469 g/mol. The Labute approximate surface area is 204 Å². The van der Waals surface area contributed by atoms with Crippen molar-refractivity contribution in [3.63, 3.8) is 0 Å². The van der Waals surface area contributed by atoms with Crippen LogP contribution < -0.4 is 11.4 Å². The number of fused-ring (bicyclic) bond motifs is 1. The highest BCUT2D eigenvalue weighted by atomic mass is 16.1. The third kappa shape index (κ3) is 4.73. The van der Waals surface area contributed by atoms with Gasteiger partial charge in [0.2, 0.25) is 0 Å². The van der Waals surface area contributed by atoms with Crippen LogP contribution in [0.2, 0.25) is 0 Å². The van der Waals surface area contributed by atoms with Crippen LogP contribution in [0.5, 0.6) is 0 Å². The van der Waals surface area contributed by atoms with Crippen molar-refractivity contribution < 1.29 is 0 Å². The van der Waals surface area contributed by atoms with Gasteiger partial charge >= 0.3 is 5.69 Å². The minimum atomic E-state index is -0.213. The minimum absolute atomic E-state index is 0.213. The highest BCUT2D eigenvalue weighted by Crippen LogP contribution is 2.27. The third-order valence-corrected chi connectivity index (χ3v) is 5.78. The molecule has 0 radical (unpaired) electrons. The van der Waals surface area contributed by atoms with Gasteiger partial charge in [-0.2, -0.15) is 0 Å². The van der Waals surface area contributed by atoms with Crippen LogP contribution in [0.25, 0.3) is 33.9 Å². The summed E-state index contributed by atoms with van der Waals surface area (Å²) in [7, 11) is 1.91. The Morgan fingerprint density at radius 3 is 2.40 bits per heavy atom. The van der Waals surface area contributed by atoms with Gasteiger partial charge in [0.15, 0.2) is 11.5 Å². The number of rotatable bonds is 5. The number of aryl methyl sites for hydroxylation is 1. The molecule has 3 heterocycles. The number of hydrogen-bond acceptors (Lipinski definition) is 5. The van der Waals surface area contributed by atoms with Gasteiger partial charge in [-0.3, -0.25) is 4.57 Å². The number of imidazole rings is 2. The first-order valence-corrected chi connectivity index (χ1v) is 11.8. The maximum atomic E-state index is 12.7. The van der Waals surface area contributed by atoms with Crippen molar-refractivity contribution in [1.29, 1.82) is 0 Å². The Bertz CT molecular complexity index is 1510. The Morgan fingerprint density at radius 2 is 1.74 bits per heavy atom. The second kappa shape index (κ2) is 9.97. The number of anilines is 1. The van der Waals surface area contributed by atoms with E-state index in [4.69, 9.17) is 10.7 Å². The molecule has 0 saturated heterocycles. The van der Waals surface area contributed by atoms with Crippen LogP contribution in [-0.4, -0.2) is 29.1 Å². The zero-order chi connectivity index (χ0) is 25.1. The summed E-state index contributed by atoms with van der Waals surface area (Å²) in [5.41, 5.74) is 10.9. The van der Waals surface area contributed by atoms with Crippen molar-refractivity contribution in [1.82, 2.24) is 29.1 Å². The predicted octanol–water partition coefficient (Wildman–Crippen LogP) is 4.97. The van der Waals surface area contributed by atoms with Crippen LogP contribution in [-0.2, 0) is 13.6 Å². The number of aromatic amines is 1. The first-order chi connectivity index (χ1) is 16.9. The van der Waals surface area contributed by atoms with Gasteiger partial charge in [0.1, 0.15) is 17.2 Å². The Balaban J connectivity index is 0.00000141. The summed E-state index contributed by atoms with van der Waals surface area (Å²) in [4.78, 5) is 29.2. The summed E-state index contributed by atoms with van der Waals surface area (Å²) in [6.45, 7) is 8.68. The van der Waals surface area contributed by atoms with Gasteiger partial charge in [0.05, 0.1) is 12.7 Å². The molecule has 2 aromatic carbocycles. The van der Waals surface area contributed by atoms with Crippen LogP contribution >= 0.6 is 0 Å². The second-order valence-corrected chi connectivity index (χ2v) is 8.49. The molecule has 0 amide bonds. The number of nitrogen functional groups attached to an aromatic ring is 1. The first-order valence-electron chi connectivity index (χ1n) is 11.8. The highest BCUT2D eigenvalue weighted by molar-refractivity contribution is 5.74. The lowest BCUT2D eigenvalue weighted by Crippen LogP contribution is -2.17. The van der Waals surface area contributed by atoms with Gasteiger partial charge in [-0.25, -0.2) is 19.7 Å². The summed E-state index contributed by atoms with van der Waals surface area (Å²) in [6, 6.07) is 16.1. The quantitative estimate of drug-likeness (QED) is 0.378. The van der Waals surface area contributed by atoms with E-state index in [1.54, 1.807) is 17.0 Å². The van der Waals surface area contributed by atoms with Crippen LogP contribution in [0.1, 0.15) is 44.7 Å². The van der Waals surface area contributed by atoms with Gasteiger partial charge in [-0.05, 0) is 17.0 Å². The van der Waals surface area contributed by atoms with Gasteiger partial charge < -0.3 is 15.3 Å². The summed E-state index contributed by atoms with van der Waals surface area (Å²) < 4.78 is 3.54. The summed E-state index contributed by atoms with van der Waals surface area (Å²) >= 11 is 0. The molecule has 0 aliphatic carbocycles. The molecule has 0 unspecified atom stereocenters. The molecule has 0 saturated carbocycles. The Kier molecular flexibility index (Phi) is 6.82. The number of nitrogens with one attached hydrogen (secondary N) is 1. The molecular formula is C27H31N7O. The van der Waals surface area contributed by atoms with E-state index in [2.05, 4.69) is 34.9 Å². The molecule has 3 N–H and O–H groups in total.